The maximum atomic E-state index is 12.7. The molecule has 4 N–H and O–H groups in total. The van der Waals surface area contributed by atoms with Crippen LogP contribution in [0.2, 0.25) is 0 Å². The largest absolute Gasteiger partial charge is 0.391 e. The molecule has 0 radical (unpaired) electrons. The molecule has 4 nitrogen and oxygen atoms in total. The van der Waals surface area contributed by atoms with Crippen molar-refractivity contribution in [3.63, 3.8) is 0 Å². The quantitative estimate of drug-likeness (QED) is 0.579. The molecule has 27 heavy (non-hydrogen) atoms. The van der Waals surface area contributed by atoms with Crippen molar-refractivity contribution in [3.05, 3.63) is 35.9 Å². The Labute approximate surface area is 164 Å². The van der Waals surface area contributed by atoms with Gasteiger partial charge >= 0.3 is 0 Å². The second kappa shape index (κ2) is 11.5. The van der Waals surface area contributed by atoms with Gasteiger partial charge in [0.1, 0.15) is 0 Å². The van der Waals surface area contributed by atoms with Crippen LogP contribution in [-0.4, -0.2) is 23.2 Å². The molecular formula is C23H38N2O2. The predicted molar refractivity (Wildman–Crippen MR) is 111 cm³/mol. The zero-order valence-corrected chi connectivity index (χ0v) is 17.1. The van der Waals surface area contributed by atoms with Crippen molar-refractivity contribution in [2.75, 3.05) is 0 Å². The summed E-state index contributed by atoms with van der Waals surface area (Å²) in [5, 5.41) is 13.7. The van der Waals surface area contributed by atoms with Crippen molar-refractivity contribution in [3.8, 4) is 0 Å². The highest BCUT2D eigenvalue weighted by atomic mass is 16.3. The van der Waals surface area contributed by atoms with Crippen LogP contribution >= 0.6 is 0 Å². The SMILES string of the molecule is CC(C)C[C@H](C[C@H](O)[C@@H](N)CC1CCCCC1)C(=O)NCc1ccccc1. The minimum absolute atomic E-state index is 0.0245. The number of benzene rings is 1. The summed E-state index contributed by atoms with van der Waals surface area (Å²) in [4.78, 5) is 12.7. The minimum Gasteiger partial charge on any atom is -0.391 e. The number of carbonyl (C=O) groups is 1. The van der Waals surface area contributed by atoms with Crippen LogP contribution in [0.5, 0.6) is 0 Å². The normalized spacial score (nSPS) is 18.9. The molecule has 1 aromatic carbocycles. The summed E-state index contributed by atoms with van der Waals surface area (Å²) in [5.41, 5.74) is 7.40. The van der Waals surface area contributed by atoms with Crippen LogP contribution in [0.1, 0.15) is 70.8 Å². The highest BCUT2D eigenvalue weighted by Gasteiger charge is 2.27. The standard InChI is InChI=1S/C23H38N2O2/c1-17(2)13-20(23(27)25-16-19-11-7-4-8-12-19)15-22(26)21(24)14-18-9-5-3-6-10-18/h4,7-8,11-12,17-18,20-22,26H,3,5-6,9-10,13-16,24H2,1-2H3,(H,25,27)/t20-,21+,22+/m1/s1. The number of hydrogen-bond donors (Lipinski definition) is 3. The van der Waals surface area contributed by atoms with E-state index in [1.807, 2.05) is 30.3 Å². The van der Waals surface area contributed by atoms with E-state index in [1.54, 1.807) is 0 Å². The Morgan fingerprint density at radius 1 is 1.15 bits per heavy atom. The van der Waals surface area contributed by atoms with Gasteiger partial charge in [-0.25, -0.2) is 0 Å². The van der Waals surface area contributed by atoms with E-state index in [4.69, 9.17) is 5.73 Å². The number of nitrogens with one attached hydrogen (secondary N) is 1. The van der Waals surface area contributed by atoms with Crippen LogP contribution in [0.4, 0.5) is 0 Å². The second-order valence-electron chi connectivity index (χ2n) is 8.74. The third-order valence-electron chi connectivity index (χ3n) is 5.79. The number of amides is 1. The Morgan fingerprint density at radius 3 is 2.44 bits per heavy atom. The molecule has 4 heteroatoms. The number of hydrogen-bond acceptors (Lipinski definition) is 3. The summed E-state index contributed by atoms with van der Waals surface area (Å²) in [5.74, 6) is 0.871. The van der Waals surface area contributed by atoms with E-state index in [0.29, 0.717) is 24.8 Å². The van der Waals surface area contributed by atoms with E-state index in [9.17, 15) is 9.90 Å². The Balaban J connectivity index is 1.86. The summed E-state index contributed by atoms with van der Waals surface area (Å²) in [7, 11) is 0. The van der Waals surface area contributed by atoms with E-state index in [-0.39, 0.29) is 17.9 Å². The molecular weight excluding hydrogens is 336 g/mol. The van der Waals surface area contributed by atoms with Crippen LogP contribution in [0.3, 0.4) is 0 Å². The molecule has 0 bridgehead atoms. The lowest BCUT2D eigenvalue weighted by atomic mass is 9.82. The van der Waals surface area contributed by atoms with Crippen LogP contribution in [0.15, 0.2) is 30.3 Å². The van der Waals surface area contributed by atoms with Crippen molar-refractivity contribution in [2.24, 2.45) is 23.5 Å². The molecule has 2 rings (SSSR count). The molecule has 1 aliphatic carbocycles. The maximum Gasteiger partial charge on any atom is 0.223 e. The van der Waals surface area contributed by atoms with Gasteiger partial charge in [0.2, 0.25) is 5.91 Å². The number of aliphatic hydroxyl groups excluding tert-OH is 1. The highest BCUT2D eigenvalue weighted by Crippen LogP contribution is 2.28. The topological polar surface area (TPSA) is 75.3 Å². The molecule has 0 heterocycles. The van der Waals surface area contributed by atoms with Crippen molar-refractivity contribution in [1.29, 1.82) is 0 Å². The Morgan fingerprint density at radius 2 is 1.81 bits per heavy atom. The summed E-state index contributed by atoms with van der Waals surface area (Å²) in [6.07, 6.45) is 7.84. The van der Waals surface area contributed by atoms with Gasteiger partial charge in [-0.3, -0.25) is 4.79 Å². The monoisotopic (exact) mass is 374 g/mol. The molecule has 1 saturated carbocycles. The van der Waals surface area contributed by atoms with Gasteiger partial charge in [0, 0.05) is 18.5 Å². The lowest BCUT2D eigenvalue weighted by Crippen LogP contribution is -2.41. The number of rotatable bonds is 10. The van der Waals surface area contributed by atoms with Crippen molar-refractivity contribution in [1.82, 2.24) is 5.32 Å². The molecule has 1 fully saturated rings. The maximum absolute atomic E-state index is 12.7. The number of aliphatic hydroxyl groups is 1. The molecule has 1 aromatic rings. The molecule has 0 saturated heterocycles. The summed E-state index contributed by atoms with van der Waals surface area (Å²) >= 11 is 0. The van der Waals surface area contributed by atoms with Crippen LogP contribution in [0.25, 0.3) is 0 Å². The zero-order chi connectivity index (χ0) is 19.6. The fourth-order valence-corrected chi connectivity index (χ4v) is 4.24. The first kappa shape index (κ1) is 21.9. The number of nitrogens with two attached hydrogens (primary N) is 1. The molecule has 0 spiro atoms. The second-order valence-corrected chi connectivity index (χ2v) is 8.74. The lowest BCUT2D eigenvalue weighted by Gasteiger charge is -2.29. The molecule has 3 atom stereocenters. The Kier molecular flexibility index (Phi) is 9.29. The fourth-order valence-electron chi connectivity index (χ4n) is 4.24. The lowest BCUT2D eigenvalue weighted by molar-refractivity contribution is -0.126. The van der Waals surface area contributed by atoms with Gasteiger partial charge in [-0.15, -0.1) is 0 Å². The molecule has 0 aromatic heterocycles. The summed E-state index contributed by atoms with van der Waals surface area (Å²) < 4.78 is 0. The Bertz CT molecular complexity index is 541. The smallest absolute Gasteiger partial charge is 0.223 e. The third-order valence-corrected chi connectivity index (χ3v) is 5.79. The minimum atomic E-state index is -0.613. The van der Waals surface area contributed by atoms with E-state index < -0.39 is 6.10 Å². The first-order valence-corrected chi connectivity index (χ1v) is 10.7. The van der Waals surface area contributed by atoms with Crippen LogP contribution in [-0.2, 0) is 11.3 Å². The zero-order valence-electron chi connectivity index (χ0n) is 17.1. The summed E-state index contributed by atoms with van der Waals surface area (Å²) in [6, 6.07) is 9.70. The number of carbonyl (C=O) groups excluding carboxylic acids is 1. The van der Waals surface area contributed by atoms with Crippen molar-refractivity contribution < 1.29 is 9.90 Å². The van der Waals surface area contributed by atoms with Gasteiger partial charge in [0.15, 0.2) is 0 Å². The third kappa shape index (κ3) is 8.02. The molecule has 152 valence electrons. The molecule has 0 unspecified atom stereocenters. The van der Waals surface area contributed by atoms with Gasteiger partial charge < -0.3 is 16.2 Å². The van der Waals surface area contributed by atoms with E-state index in [2.05, 4.69) is 19.2 Å². The predicted octanol–water partition coefficient (Wildman–Crippen LogP) is 4.01. The van der Waals surface area contributed by atoms with E-state index >= 15 is 0 Å². The average molecular weight is 375 g/mol. The Hall–Kier alpha value is -1.39. The van der Waals surface area contributed by atoms with E-state index in [0.717, 1.165) is 18.4 Å². The molecule has 1 aliphatic rings. The van der Waals surface area contributed by atoms with Gasteiger partial charge in [-0.1, -0.05) is 76.3 Å². The first-order valence-electron chi connectivity index (χ1n) is 10.7. The van der Waals surface area contributed by atoms with Gasteiger partial charge in [0.05, 0.1) is 6.10 Å². The molecule has 0 aliphatic heterocycles. The molecule has 1 amide bonds. The van der Waals surface area contributed by atoms with Crippen LogP contribution in [0, 0.1) is 17.8 Å². The van der Waals surface area contributed by atoms with Gasteiger partial charge in [-0.2, -0.15) is 0 Å². The van der Waals surface area contributed by atoms with Crippen molar-refractivity contribution >= 4 is 5.91 Å². The highest BCUT2D eigenvalue weighted by molar-refractivity contribution is 5.78. The average Bonchev–Trinajstić information content (AvgIpc) is 2.66. The fraction of sp³-hybridized carbons (Fsp3) is 0.696. The van der Waals surface area contributed by atoms with E-state index in [1.165, 1.54) is 32.1 Å². The van der Waals surface area contributed by atoms with Crippen molar-refractivity contribution in [2.45, 2.75) is 83.9 Å². The van der Waals surface area contributed by atoms with Gasteiger partial charge in [0.25, 0.3) is 0 Å². The van der Waals surface area contributed by atoms with Crippen LogP contribution < -0.4 is 11.1 Å². The first-order chi connectivity index (χ1) is 13.0. The summed E-state index contributed by atoms with van der Waals surface area (Å²) in [6.45, 7) is 4.76. The van der Waals surface area contributed by atoms with Gasteiger partial charge in [-0.05, 0) is 36.7 Å².